The molecule has 2 aromatic rings. The molecule has 110 valence electrons. The fraction of sp³-hybridized carbons (Fsp3) is 0.133. The van der Waals surface area contributed by atoms with E-state index in [-0.39, 0.29) is 5.84 Å². The van der Waals surface area contributed by atoms with Crippen molar-refractivity contribution >= 4 is 34.7 Å². The summed E-state index contributed by atoms with van der Waals surface area (Å²) in [6, 6.07) is 10.9. The van der Waals surface area contributed by atoms with Crippen LogP contribution in [0.4, 0.5) is 5.69 Å². The topological polar surface area (TPSA) is 70.6 Å². The van der Waals surface area contributed by atoms with Crippen molar-refractivity contribution in [2.45, 2.75) is 13.5 Å². The van der Waals surface area contributed by atoms with Gasteiger partial charge < -0.3 is 16.3 Å². The monoisotopic (exact) mass is 323 g/mol. The van der Waals surface area contributed by atoms with Crippen LogP contribution in [0.25, 0.3) is 0 Å². The molecule has 0 fully saturated rings. The Morgan fingerprint density at radius 3 is 2.48 bits per heavy atom. The molecular weight excluding hydrogens is 309 g/mol. The summed E-state index contributed by atoms with van der Waals surface area (Å²) in [4.78, 5) is 0. The molecule has 21 heavy (non-hydrogen) atoms. The van der Waals surface area contributed by atoms with Crippen LogP contribution in [0, 0.1) is 6.92 Å². The van der Waals surface area contributed by atoms with Crippen molar-refractivity contribution in [3.05, 3.63) is 63.1 Å². The van der Waals surface area contributed by atoms with E-state index in [1.807, 2.05) is 19.1 Å². The van der Waals surface area contributed by atoms with Gasteiger partial charge in [0.2, 0.25) is 0 Å². The molecule has 0 radical (unpaired) electrons. The van der Waals surface area contributed by atoms with Gasteiger partial charge >= 0.3 is 0 Å². The molecule has 0 aliphatic rings. The first-order valence-corrected chi connectivity index (χ1v) is 7.04. The van der Waals surface area contributed by atoms with Crippen LogP contribution in [0.1, 0.15) is 16.7 Å². The summed E-state index contributed by atoms with van der Waals surface area (Å²) in [6.07, 6.45) is 0. The minimum absolute atomic E-state index is 0.0896. The van der Waals surface area contributed by atoms with Crippen LogP contribution in [0.15, 0.2) is 41.6 Å². The smallest absolute Gasteiger partial charge is 0.170 e. The number of benzene rings is 2. The van der Waals surface area contributed by atoms with Crippen LogP contribution in [-0.2, 0) is 6.54 Å². The summed E-state index contributed by atoms with van der Waals surface area (Å²) in [7, 11) is 0. The molecule has 4 N–H and O–H groups in total. The molecule has 0 saturated carbocycles. The fourth-order valence-electron chi connectivity index (χ4n) is 1.96. The fourth-order valence-corrected chi connectivity index (χ4v) is 2.49. The Hall–Kier alpha value is -1.91. The molecule has 6 heteroatoms. The lowest BCUT2D eigenvalue weighted by Crippen LogP contribution is -2.13. The van der Waals surface area contributed by atoms with Crippen molar-refractivity contribution in [3.8, 4) is 0 Å². The van der Waals surface area contributed by atoms with Crippen LogP contribution >= 0.6 is 23.2 Å². The maximum Gasteiger partial charge on any atom is 0.170 e. The van der Waals surface area contributed by atoms with Crippen molar-refractivity contribution in [1.82, 2.24) is 0 Å². The number of oxime groups is 1. The van der Waals surface area contributed by atoms with Crippen molar-refractivity contribution < 1.29 is 5.21 Å². The third-order valence-electron chi connectivity index (χ3n) is 3.16. The molecule has 0 amide bonds. The summed E-state index contributed by atoms with van der Waals surface area (Å²) >= 11 is 12.2. The van der Waals surface area contributed by atoms with Gasteiger partial charge in [-0.1, -0.05) is 46.6 Å². The van der Waals surface area contributed by atoms with Gasteiger partial charge in [0.05, 0.1) is 15.7 Å². The Morgan fingerprint density at radius 2 is 1.90 bits per heavy atom. The van der Waals surface area contributed by atoms with E-state index >= 15 is 0 Å². The van der Waals surface area contributed by atoms with Crippen molar-refractivity contribution in [3.63, 3.8) is 0 Å². The molecule has 0 unspecified atom stereocenters. The number of aryl methyl sites for hydroxylation is 1. The summed E-state index contributed by atoms with van der Waals surface area (Å²) in [5, 5.41) is 16.1. The lowest BCUT2D eigenvalue weighted by molar-refractivity contribution is 0.318. The number of hydrogen-bond donors (Lipinski definition) is 3. The third kappa shape index (κ3) is 3.60. The number of nitrogens with one attached hydrogen (secondary N) is 1. The molecule has 0 aliphatic carbocycles. The van der Waals surface area contributed by atoms with E-state index in [0.29, 0.717) is 27.8 Å². The molecule has 2 rings (SSSR count). The normalized spacial score (nSPS) is 11.5. The minimum atomic E-state index is 0.0896. The van der Waals surface area contributed by atoms with Crippen molar-refractivity contribution in [2.75, 3.05) is 5.32 Å². The molecule has 0 spiro atoms. The molecule has 0 saturated heterocycles. The van der Waals surface area contributed by atoms with E-state index in [9.17, 15) is 0 Å². The van der Waals surface area contributed by atoms with Gasteiger partial charge in [0.25, 0.3) is 0 Å². The molecule has 0 aromatic heterocycles. The number of nitrogens with zero attached hydrogens (tertiary/aromatic N) is 1. The molecule has 0 aliphatic heterocycles. The van der Waals surface area contributed by atoms with Crippen LogP contribution in [0.2, 0.25) is 10.0 Å². The van der Waals surface area contributed by atoms with E-state index in [1.165, 1.54) is 0 Å². The summed E-state index contributed by atoms with van der Waals surface area (Å²) in [6.45, 7) is 2.53. The number of amidine groups is 1. The first-order chi connectivity index (χ1) is 10.0. The van der Waals surface area contributed by atoms with Gasteiger partial charge in [0.1, 0.15) is 0 Å². The first-order valence-electron chi connectivity index (χ1n) is 6.28. The van der Waals surface area contributed by atoms with Gasteiger partial charge in [-0.25, -0.2) is 0 Å². The first kappa shape index (κ1) is 15.5. The molecule has 0 bridgehead atoms. The highest BCUT2D eigenvalue weighted by Crippen LogP contribution is 2.30. The second-order valence-corrected chi connectivity index (χ2v) is 5.39. The molecule has 0 heterocycles. The summed E-state index contributed by atoms with van der Waals surface area (Å²) in [5.74, 6) is 0.0896. The van der Waals surface area contributed by atoms with Gasteiger partial charge in [-0.2, -0.15) is 0 Å². The SMILES string of the molecule is Cc1cc(/C(N)=N/O)ccc1CNc1c(Cl)cccc1Cl. The number of rotatable bonds is 4. The van der Waals surface area contributed by atoms with Gasteiger partial charge in [0.15, 0.2) is 5.84 Å². The predicted octanol–water partition coefficient (Wildman–Crippen LogP) is 4.01. The van der Waals surface area contributed by atoms with Crippen molar-refractivity contribution in [2.24, 2.45) is 10.9 Å². The quantitative estimate of drug-likeness (QED) is 0.344. The average Bonchev–Trinajstić information content (AvgIpc) is 2.47. The van der Waals surface area contributed by atoms with Crippen LogP contribution in [0.5, 0.6) is 0 Å². The zero-order chi connectivity index (χ0) is 15.4. The van der Waals surface area contributed by atoms with Crippen LogP contribution in [0.3, 0.4) is 0 Å². The third-order valence-corrected chi connectivity index (χ3v) is 3.79. The highest BCUT2D eigenvalue weighted by molar-refractivity contribution is 6.39. The van der Waals surface area contributed by atoms with E-state index in [1.54, 1.807) is 24.3 Å². The van der Waals surface area contributed by atoms with E-state index in [0.717, 1.165) is 11.1 Å². The van der Waals surface area contributed by atoms with Gasteiger partial charge in [0, 0.05) is 12.1 Å². The minimum Gasteiger partial charge on any atom is -0.409 e. The lowest BCUT2D eigenvalue weighted by Gasteiger charge is -2.12. The van der Waals surface area contributed by atoms with E-state index < -0.39 is 0 Å². The largest absolute Gasteiger partial charge is 0.409 e. The maximum atomic E-state index is 8.68. The Morgan fingerprint density at radius 1 is 1.24 bits per heavy atom. The van der Waals surface area contributed by atoms with Gasteiger partial charge in [-0.05, 0) is 36.2 Å². The van der Waals surface area contributed by atoms with E-state index in [4.69, 9.17) is 34.1 Å². The zero-order valence-electron chi connectivity index (χ0n) is 11.4. The maximum absolute atomic E-state index is 8.68. The van der Waals surface area contributed by atoms with E-state index in [2.05, 4.69) is 10.5 Å². The van der Waals surface area contributed by atoms with Crippen LogP contribution < -0.4 is 11.1 Å². The second-order valence-electron chi connectivity index (χ2n) is 4.58. The number of hydrogen-bond acceptors (Lipinski definition) is 3. The standard InChI is InChI=1S/C15H15Cl2N3O/c1-9-7-10(15(18)20-21)5-6-11(9)8-19-14-12(16)3-2-4-13(14)17/h2-7,19,21H,8H2,1H3,(H2,18,20). The Labute approximate surface area is 133 Å². The molecule has 4 nitrogen and oxygen atoms in total. The number of halogens is 2. The van der Waals surface area contributed by atoms with Crippen LogP contribution in [-0.4, -0.2) is 11.0 Å². The Bertz CT molecular complexity index is 666. The number of anilines is 1. The summed E-state index contributed by atoms with van der Waals surface area (Å²) in [5.41, 5.74) is 9.04. The molecular formula is C15H15Cl2N3O. The zero-order valence-corrected chi connectivity index (χ0v) is 12.9. The number of para-hydroxylation sites is 1. The highest BCUT2D eigenvalue weighted by Gasteiger charge is 2.07. The number of nitrogens with two attached hydrogens (primary N) is 1. The van der Waals surface area contributed by atoms with Crippen molar-refractivity contribution in [1.29, 1.82) is 0 Å². The summed E-state index contributed by atoms with van der Waals surface area (Å²) < 4.78 is 0. The highest BCUT2D eigenvalue weighted by atomic mass is 35.5. The second kappa shape index (κ2) is 6.70. The Balaban J connectivity index is 2.18. The van der Waals surface area contributed by atoms with Gasteiger partial charge in [-0.15, -0.1) is 0 Å². The average molecular weight is 324 g/mol. The van der Waals surface area contributed by atoms with Gasteiger partial charge in [-0.3, -0.25) is 0 Å². The molecule has 0 atom stereocenters. The predicted molar refractivity (Wildman–Crippen MR) is 87.5 cm³/mol. The Kier molecular flexibility index (Phi) is 4.94. The molecule has 2 aromatic carbocycles. The lowest BCUT2D eigenvalue weighted by atomic mass is 10.0.